The molecule has 1 unspecified atom stereocenters. The van der Waals surface area contributed by atoms with E-state index in [1.807, 2.05) is 4.90 Å². The molecule has 7 heteroatoms. The van der Waals surface area contributed by atoms with E-state index in [1.54, 1.807) is 5.57 Å². The van der Waals surface area contributed by atoms with Crippen LogP contribution in [-0.4, -0.2) is 43.3 Å². The largest absolute Gasteiger partial charge is 0.446 e. The van der Waals surface area contributed by atoms with Crippen molar-refractivity contribution in [3.63, 3.8) is 0 Å². The normalized spacial score (nSPS) is 31.8. The molecule has 0 bridgehead atoms. The number of hydrogen-bond donors (Lipinski definition) is 2. The minimum atomic E-state index is -0.0801. The van der Waals surface area contributed by atoms with Crippen LogP contribution in [0.4, 0.5) is 4.79 Å². The molecule has 4 aliphatic rings. The molecule has 4 aliphatic carbocycles. The van der Waals surface area contributed by atoms with Crippen LogP contribution in [0.15, 0.2) is 11.6 Å². The van der Waals surface area contributed by atoms with Crippen molar-refractivity contribution in [2.75, 3.05) is 26.2 Å². The Hall–Kier alpha value is -0.490. The maximum absolute atomic E-state index is 13.5. The van der Waals surface area contributed by atoms with E-state index in [0.29, 0.717) is 10.8 Å². The Labute approximate surface area is 302 Å². The van der Waals surface area contributed by atoms with E-state index in [4.69, 9.17) is 16.2 Å². The summed E-state index contributed by atoms with van der Waals surface area (Å²) in [6.45, 7) is 15.7. The summed E-state index contributed by atoms with van der Waals surface area (Å²) in [5.74, 6) is 5.14. The monoisotopic (exact) mass is 700 g/mol. The highest BCUT2D eigenvalue weighted by Crippen LogP contribution is 2.67. The number of fused-ring (bicyclic) bond motifs is 5. The first-order valence-electron chi connectivity index (χ1n) is 19.7. The second-order valence-electron chi connectivity index (χ2n) is 16.9. The molecule has 3 fully saturated rings. The van der Waals surface area contributed by atoms with E-state index in [0.717, 1.165) is 126 Å². The molecule has 4 rings (SSSR count). The van der Waals surface area contributed by atoms with Gasteiger partial charge >= 0.3 is 6.09 Å². The van der Waals surface area contributed by atoms with Gasteiger partial charge in [0, 0.05) is 19.5 Å². The van der Waals surface area contributed by atoms with Gasteiger partial charge in [-0.05, 0) is 130 Å². The lowest BCUT2D eigenvalue weighted by Crippen LogP contribution is -2.51. The number of nitrogens with zero attached hydrogens (tertiary/aromatic N) is 1. The van der Waals surface area contributed by atoms with Crippen molar-refractivity contribution in [3.8, 4) is 0 Å². The van der Waals surface area contributed by atoms with E-state index in [2.05, 4.69) is 40.7 Å². The summed E-state index contributed by atoms with van der Waals surface area (Å²) in [6.07, 6.45) is 25.7. The van der Waals surface area contributed by atoms with Crippen LogP contribution in [0.1, 0.15) is 157 Å². The summed E-state index contributed by atoms with van der Waals surface area (Å²) >= 11 is 0. The molecule has 276 valence electrons. The molecule has 47 heavy (non-hydrogen) atoms. The van der Waals surface area contributed by atoms with Gasteiger partial charge in [-0.2, -0.15) is 0 Å². The Balaban J connectivity index is 0.00000384. The van der Waals surface area contributed by atoms with Crippen LogP contribution in [0.5, 0.6) is 0 Å². The van der Waals surface area contributed by atoms with Crippen LogP contribution in [0.2, 0.25) is 0 Å². The fourth-order valence-electron chi connectivity index (χ4n) is 10.9. The van der Waals surface area contributed by atoms with Gasteiger partial charge in [-0.15, -0.1) is 24.8 Å². The minimum absolute atomic E-state index is 0. The molecule has 0 spiro atoms. The van der Waals surface area contributed by atoms with Crippen LogP contribution in [0.3, 0.4) is 0 Å². The van der Waals surface area contributed by atoms with Crippen molar-refractivity contribution in [1.82, 2.24) is 4.90 Å². The third kappa shape index (κ3) is 10.8. The number of hydrogen-bond acceptors (Lipinski definition) is 4. The average Bonchev–Trinajstić information content (AvgIpc) is 3.37. The van der Waals surface area contributed by atoms with Gasteiger partial charge in [-0.25, -0.2) is 4.79 Å². The predicted molar refractivity (Wildman–Crippen MR) is 204 cm³/mol. The zero-order chi connectivity index (χ0) is 32.5. The summed E-state index contributed by atoms with van der Waals surface area (Å²) in [7, 11) is 0. The molecule has 1 amide bonds. The minimum Gasteiger partial charge on any atom is -0.446 e. The molecule has 8 atom stereocenters. The van der Waals surface area contributed by atoms with Gasteiger partial charge < -0.3 is 21.1 Å². The number of allylic oxidation sites excluding steroid dienone is 1. The second kappa shape index (κ2) is 20.4. The van der Waals surface area contributed by atoms with Crippen molar-refractivity contribution in [1.29, 1.82) is 0 Å². The van der Waals surface area contributed by atoms with Crippen molar-refractivity contribution >= 4 is 30.9 Å². The summed E-state index contributed by atoms with van der Waals surface area (Å²) in [6, 6.07) is 0. The SMILES string of the molecule is CC(C)CCCC(C)[C@H]1CC[C@H]2[C@@H]3CC=C4C[C@@H](OC(=O)N(CCCCCCN)CCCCCCN)CC[C@]4(C)[C@H]3CC[C@]12C.Cl.Cl. The molecule has 0 heterocycles. The third-order valence-electron chi connectivity index (χ3n) is 13.5. The quantitative estimate of drug-likeness (QED) is 0.110. The standard InChI is InChI=1S/C40H73N3O2.2ClH/c1-30(2)15-14-16-31(3)35-19-20-36-34-18-17-32-29-33(21-23-39(32,4)37(34)22-24-40(35,36)5)45-38(44)43(27-12-8-6-10-25-41)28-13-9-7-11-26-42;;/h17,30-31,33-37H,6-16,18-29,41-42H2,1-5H3;2*1H/t31?,33-,34-,35+,36-,37-,39-,40+;;/m0../s1. The Morgan fingerprint density at radius 3 is 2.09 bits per heavy atom. The average molecular weight is 701 g/mol. The number of carbonyl (C=O) groups excluding carboxylic acids is 1. The maximum atomic E-state index is 13.5. The molecule has 0 aromatic rings. The van der Waals surface area contributed by atoms with E-state index < -0.39 is 0 Å². The highest BCUT2D eigenvalue weighted by Gasteiger charge is 2.59. The van der Waals surface area contributed by atoms with Gasteiger partial charge in [-0.1, -0.05) is 91.2 Å². The zero-order valence-corrected chi connectivity index (χ0v) is 32.8. The Morgan fingerprint density at radius 2 is 1.47 bits per heavy atom. The Morgan fingerprint density at radius 1 is 0.830 bits per heavy atom. The molecular formula is C40H75Cl2N3O2. The Bertz CT molecular complexity index is 932. The first-order valence-corrected chi connectivity index (χ1v) is 19.7. The van der Waals surface area contributed by atoms with E-state index >= 15 is 0 Å². The summed E-state index contributed by atoms with van der Waals surface area (Å²) < 4.78 is 6.32. The number of nitrogens with two attached hydrogens (primary N) is 2. The summed E-state index contributed by atoms with van der Waals surface area (Å²) in [5, 5.41) is 0. The number of rotatable bonds is 18. The molecule has 0 saturated heterocycles. The van der Waals surface area contributed by atoms with Gasteiger partial charge in [0.1, 0.15) is 6.10 Å². The van der Waals surface area contributed by atoms with Gasteiger partial charge in [0.15, 0.2) is 0 Å². The molecule has 4 N–H and O–H groups in total. The van der Waals surface area contributed by atoms with Crippen LogP contribution in [0.25, 0.3) is 0 Å². The molecule has 0 aliphatic heterocycles. The Kier molecular flexibility index (Phi) is 18.5. The molecule has 5 nitrogen and oxygen atoms in total. The molecular weight excluding hydrogens is 625 g/mol. The van der Waals surface area contributed by atoms with E-state index in [-0.39, 0.29) is 37.0 Å². The number of halogens is 2. The van der Waals surface area contributed by atoms with Gasteiger partial charge in [-0.3, -0.25) is 0 Å². The van der Waals surface area contributed by atoms with E-state index in [9.17, 15) is 4.79 Å². The van der Waals surface area contributed by atoms with Gasteiger partial charge in [0.05, 0.1) is 0 Å². The van der Waals surface area contributed by atoms with Crippen LogP contribution < -0.4 is 11.5 Å². The zero-order valence-electron chi connectivity index (χ0n) is 31.1. The van der Waals surface area contributed by atoms with E-state index in [1.165, 1.54) is 57.8 Å². The number of amides is 1. The van der Waals surface area contributed by atoms with Crippen LogP contribution >= 0.6 is 24.8 Å². The van der Waals surface area contributed by atoms with Crippen molar-refractivity contribution in [2.24, 2.45) is 57.8 Å². The van der Waals surface area contributed by atoms with Crippen molar-refractivity contribution in [2.45, 2.75) is 163 Å². The molecule has 0 aromatic heterocycles. The second-order valence-corrected chi connectivity index (χ2v) is 16.9. The molecule has 0 aromatic carbocycles. The number of carbonyl (C=O) groups is 1. The summed E-state index contributed by atoms with van der Waals surface area (Å²) in [4.78, 5) is 15.5. The van der Waals surface area contributed by atoms with Crippen LogP contribution in [0, 0.1) is 46.3 Å². The predicted octanol–water partition coefficient (Wildman–Crippen LogP) is 10.7. The first kappa shape index (κ1) is 42.7. The third-order valence-corrected chi connectivity index (χ3v) is 13.5. The fourth-order valence-corrected chi connectivity index (χ4v) is 10.9. The highest BCUT2D eigenvalue weighted by molar-refractivity contribution is 5.85. The van der Waals surface area contributed by atoms with Gasteiger partial charge in [0.2, 0.25) is 0 Å². The highest BCUT2D eigenvalue weighted by atomic mass is 35.5. The number of ether oxygens (including phenoxy) is 1. The van der Waals surface area contributed by atoms with Crippen molar-refractivity contribution < 1.29 is 9.53 Å². The van der Waals surface area contributed by atoms with Crippen LogP contribution in [-0.2, 0) is 4.74 Å². The fraction of sp³-hybridized carbons (Fsp3) is 0.925. The first-order chi connectivity index (χ1) is 21.6. The smallest absolute Gasteiger partial charge is 0.410 e. The lowest BCUT2D eigenvalue weighted by Gasteiger charge is -2.58. The summed E-state index contributed by atoms with van der Waals surface area (Å²) in [5.41, 5.74) is 13.8. The molecule has 3 saturated carbocycles. The van der Waals surface area contributed by atoms with Gasteiger partial charge in [0.25, 0.3) is 0 Å². The topological polar surface area (TPSA) is 81.6 Å². The number of unbranched alkanes of at least 4 members (excludes halogenated alkanes) is 6. The lowest BCUT2D eigenvalue weighted by atomic mass is 9.47. The maximum Gasteiger partial charge on any atom is 0.410 e. The van der Waals surface area contributed by atoms with Crippen molar-refractivity contribution in [3.05, 3.63) is 11.6 Å². The lowest BCUT2D eigenvalue weighted by molar-refractivity contribution is -0.0593. The molecule has 0 radical (unpaired) electrons.